The molecule has 2 aliphatic heterocycles. The highest BCUT2D eigenvalue weighted by molar-refractivity contribution is 6.03. The number of hydrogen-bond acceptors (Lipinski definition) is 5. The summed E-state index contributed by atoms with van der Waals surface area (Å²) in [4.78, 5) is 50.4. The number of amides is 2. The van der Waals surface area contributed by atoms with Crippen LogP contribution in [0.5, 0.6) is 0 Å². The highest BCUT2D eigenvalue weighted by Crippen LogP contribution is 2.29. The van der Waals surface area contributed by atoms with Crippen molar-refractivity contribution in [3.8, 4) is 0 Å². The van der Waals surface area contributed by atoms with Crippen LogP contribution in [0.3, 0.4) is 0 Å². The van der Waals surface area contributed by atoms with Gasteiger partial charge in [-0.2, -0.15) is 0 Å². The van der Waals surface area contributed by atoms with Gasteiger partial charge in [0, 0.05) is 24.2 Å². The molecule has 0 bridgehead atoms. The second kappa shape index (κ2) is 8.10. The van der Waals surface area contributed by atoms with Crippen LogP contribution < -0.4 is 5.32 Å². The van der Waals surface area contributed by atoms with Gasteiger partial charge >= 0.3 is 5.97 Å². The largest absolute Gasteiger partial charge is 0.457 e. The van der Waals surface area contributed by atoms with Crippen LogP contribution in [0.1, 0.15) is 40.9 Å². The van der Waals surface area contributed by atoms with Crippen LogP contribution in [0.2, 0.25) is 0 Å². The van der Waals surface area contributed by atoms with Gasteiger partial charge in [-0.3, -0.25) is 19.2 Å². The Labute approximate surface area is 174 Å². The maximum absolute atomic E-state index is 12.5. The molecule has 2 aromatic rings. The number of nitrogens with zero attached hydrogens (tertiary/aromatic N) is 1. The molecule has 7 nitrogen and oxygen atoms in total. The normalized spacial score (nSPS) is 18.7. The van der Waals surface area contributed by atoms with Gasteiger partial charge in [0.15, 0.2) is 12.4 Å². The summed E-state index contributed by atoms with van der Waals surface area (Å²) >= 11 is 0. The van der Waals surface area contributed by atoms with Crippen LogP contribution in [0.25, 0.3) is 0 Å². The fourth-order valence-corrected chi connectivity index (χ4v) is 3.92. The number of benzene rings is 2. The first-order chi connectivity index (χ1) is 14.4. The number of Topliss-reactive ketones (excluding diaryl/α,β-unsaturated/α-hetero) is 1. The zero-order chi connectivity index (χ0) is 21.3. The van der Waals surface area contributed by atoms with E-state index in [4.69, 9.17) is 4.74 Å². The highest BCUT2D eigenvalue weighted by atomic mass is 16.5. The molecule has 0 aliphatic carbocycles. The van der Waals surface area contributed by atoms with Crippen LogP contribution in [0.4, 0.5) is 5.69 Å². The van der Waals surface area contributed by atoms with Crippen molar-refractivity contribution in [2.24, 2.45) is 5.92 Å². The van der Waals surface area contributed by atoms with E-state index in [-0.39, 0.29) is 43.0 Å². The Hall–Kier alpha value is -3.48. The number of nitrogens with one attached hydrogen (secondary N) is 1. The van der Waals surface area contributed by atoms with E-state index in [0.717, 1.165) is 11.1 Å². The van der Waals surface area contributed by atoms with E-state index >= 15 is 0 Å². The van der Waals surface area contributed by atoms with Crippen molar-refractivity contribution in [2.75, 3.05) is 18.5 Å². The molecule has 0 unspecified atom stereocenters. The highest BCUT2D eigenvalue weighted by Gasteiger charge is 2.38. The molecule has 0 aromatic heterocycles. The fraction of sp³-hybridized carbons (Fsp3) is 0.304. The molecule has 0 saturated carbocycles. The topological polar surface area (TPSA) is 92.8 Å². The number of carbonyl (C=O) groups excluding carboxylic acids is 4. The molecule has 0 radical (unpaired) electrons. The van der Waals surface area contributed by atoms with Crippen LogP contribution in [-0.2, 0) is 25.5 Å². The summed E-state index contributed by atoms with van der Waals surface area (Å²) in [7, 11) is 0. The molecular formula is C23H22N2O5. The number of ether oxygens (including phenoxy) is 1. The Kier molecular flexibility index (Phi) is 5.35. The van der Waals surface area contributed by atoms with E-state index < -0.39 is 18.5 Å². The molecule has 1 N–H and O–H groups in total. The molecule has 0 spiro atoms. The molecule has 1 saturated heterocycles. The maximum Gasteiger partial charge on any atom is 0.311 e. The van der Waals surface area contributed by atoms with Gasteiger partial charge in [-0.05, 0) is 36.2 Å². The van der Waals surface area contributed by atoms with Crippen molar-refractivity contribution in [1.82, 2.24) is 4.90 Å². The molecule has 154 valence electrons. The number of fused-ring (bicyclic) bond motifs is 1. The van der Waals surface area contributed by atoms with E-state index in [0.29, 0.717) is 11.3 Å². The molecule has 2 aromatic carbocycles. The lowest BCUT2D eigenvalue weighted by atomic mass is 10.1. The monoisotopic (exact) mass is 406 g/mol. The Balaban J connectivity index is 1.33. The second-order valence-corrected chi connectivity index (χ2v) is 7.66. The number of esters is 1. The van der Waals surface area contributed by atoms with Gasteiger partial charge in [-0.1, -0.05) is 30.3 Å². The summed E-state index contributed by atoms with van der Waals surface area (Å²) in [5, 5.41) is 2.71. The van der Waals surface area contributed by atoms with E-state index in [9.17, 15) is 19.2 Å². The first kappa shape index (κ1) is 19.8. The van der Waals surface area contributed by atoms with E-state index in [2.05, 4.69) is 5.32 Å². The molecule has 30 heavy (non-hydrogen) atoms. The second-order valence-electron chi connectivity index (χ2n) is 7.66. The summed E-state index contributed by atoms with van der Waals surface area (Å²) < 4.78 is 5.21. The van der Waals surface area contributed by atoms with Gasteiger partial charge in [-0.15, -0.1) is 0 Å². The summed E-state index contributed by atoms with van der Waals surface area (Å²) in [6, 6.07) is 14.4. The van der Waals surface area contributed by atoms with Gasteiger partial charge in [0.2, 0.25) is 11.8 Å². The van der Waals surface area contributed by atoms with E-state index in [1.54, 1.807) is 23.1 Å². The smallest absolute Gasteiger partial charge is 0.311 e. The molecule has 2 heterocycles. The minimum absolute atomic E-state index is 0.0802. The van der Waals surface area contributed by atoms with Gasteiger partial charge in [0.1, 0.15) is 0 Å². The zero-order valence-electron chi connectivity index (χ0n) is 16.6. The lowest BCUT2D eigenvalue weighted by Gasteiger charge is -2.25. The zero-order valence-corrected chi connectivity index (χ0v) is 16.6. The Morgan fingerprint density at radius 1 is 1.17 bits per heavy atom. The van der Waals surface area contributed by atoms with Gasteiger partial charge in [0.05, 0.1) is 18.4 Å². The third-order valence-corrected chi connectivity index (χ3v) is 5.64. The minimum Gasteiger partial charge on any atom is -0.457 e. The third-order valence-electron chi connectivity index (χ3n) is 5.64. The van der Waals surface area contributed by atoms with Crippen LogP contribution >= 0.6 is 0 Å². The maximum atomic E-state index is 12.5. The van der Waals surface area contributed by atoms with Gasteiger partial charge < -0.3 is 15.0 Å². The van der Waals surface area contributed by atoms with Gasteiger partial charge in [-0.25, -0.2) is 0 Å². The van der Waals surface area contributed by atoms with Crippen LogP contribution in [0.15, 0.2) is 48.5 Å². The van der Waals surface area contributed by atoms with E-state index in [1.807, 2.05) is 37.3 Å². The Morgan fingerprint density at radius 3 is 2.70 bits per heavy atom. The molecule has 4 rings (SSSR count). The predicted molar refractivity (Wildman–Crippen MR) is 109 cm³/mol. The quantitative estimate of drug-likeness (QED) is 0.588. The summed E-state index contributed by atoms with van der Waals surface area (Å²) in [6.07, 6.45) is 0.312. The van der Waals surface area contributed by atoms with Crippen LogP contribution in [-0.4, -0.2) is 41.6 Å². The summed E-state index contributed by atoms with van der Waals surface area (Å²) in [5.74, 6) is -1.68. The number of carbonyl (C=O) groups is 4. The average molecular weight is 406 g/mol. The average Bonchev–Trinajstić information content (AvgIpc) is 3.32. The number of likely N-dealkylation sites (tertiary alicyclic amines) is 1. The number of hydrogen-bond donors (Lipinski definition) is 1. The standard InChI is InChI=1S/C23H22N2O5/c1-14(15-5-3-2-4-6-15)25-12-18(11-22(25)28)23(29)30-13-20(26)16-7-8-19-17(9-16)10-21(27)24-19/h2-9,14,18H,10-13H2,1H3,(H,24,27)/t14-,18-/m1/s1. The lowest BCUT2D eigenvalue weighted by molar-refractivity contribution is -0.147. The summed E-state index contributed by atoms with van der Waals surface area (Å²) in [6.45, 7) is 1.81. The molecule has 2 aliphatic rings. The number of rotatable bonds is 6. The lowest BCUT2D eigenvalue weighted by Crippen LogP contribution is -2.30. The Bertz CT molecular complexity index is 1020. The molecule has 2 atom stereocenters. The van der Waals surface area contributed by atoms with Gasteiger partial charge in [0.25, 0.3) is 0 Å². The van der Waals surface area contributed by atoms with Crippen LogP contribution in [0, 0.1) is 5.92 Å². The Morgan fingerprint density at radius 2 is 1.93 bits per heavy atom. The number of ketones is 1. The SMILES string of the molecule is C[C@H](c1ccccc1)N1C[C@H](C(=O)OCC(=O)c2ccc3c(c2)CC(=O)N3)CC1=O. The molecule has 1 fully saturated rings. The molecule has 2 amide bonds. The fourth-order valence-electron chi connectivity index (χ4n) is 3.92. The molecule has 7 heteroatoms. The summed E-state index contributed by atoms with van der Waals surface area (Å²) in [5.41, 5.74) is 2.84. The van der Waals surface area contributed by atoms with Crippen molar-refractivity contribution in [1.29, 1.82) is 0 Å². The van der Waals surface area contributed by atoms with Crippen molar-refractivity contribution < 1.29 is 23.9 Å². The van der Waals surface area contributed by atoms with E-state index in [1.165, 1.54) is 0 Å². The van der Waals surface area contributed by atoms with Crippen molar-refractivity contribution >= 4 is 29.3 Å². The first-order valence-corrected chi connectivity index (χ1v) is 9.89. The number of anilines is 1. The predicted octanol–water partition coefficient (Wildman–Crippen LogP) is 2.52. The van der Waals surface area contributed by atoms with Crippen molar-refractivity contribution in [3.05, 3.63) is 65.2 Å². The third kappa shape index (κ3) is 3.96. The van der Waals surface area contributed by atoms with Crippen molar-refractivity contribution in [3.63, 3.8) is 0 Å². The minimum atomic E-state index is -0.585. The first-order valence-electron chi connectivity index (χ1n) is 9.89. The molecular weight excluding hydrogens is 384 g/mol. The van der Waals surface area contributed by atoms with Crippen molar-refractivity contribution in [2.45, 2.75) is 25.8 Å².